The fraction of sp³-hybridized carbons (Fsp3) is 0.273. The molecule has 1 unspecified atom stereocenters. The van der Waals surface area contributed by atoms with Gasteiger partial charge in [0.2, 0.25) is 0 Å². The molecule has 3 nitrogen and oxygen atoms in total. The molecule has 0 aliphatic rings. The van der Waals surface area contributed by atoms with Crippen LogP contribution in [0, 0.1) is 0 Å². The molecule has 0 radical (unpaired) electrons. The average molecular weight is 255 g/mol. The van der Waals surface area contributed by atoms with E-state index in [0.717, 1.165) is 11.1 Å². The summed E-state index contributed by atoms with van der Waals surface area (Å²) >= 11 is 6.25. The van der Waals surface area contributed by atoms with Crippen molar-refractivity contribution in [1.82, 2.24) is 0 Å². The average Bonchev–Trinajstić information content (AvgIpc) is 2.26. The highest BCUT2D eigenvalue weighted by Gasteiger charge is 2.11. The minimum atomic E-state index is -0.796. The van der Waals surface area contributed by atoms with Crippen LogP contribution in [0.5, 0.6) is 0 Å². The van der Waals surface area contributed by atoms with Crippen LogP contribution in [0.25, 0.3) is 0 Å². The van der Waals surface area contributed by atoms with E-state index >= 15 is 0 Å². The smallest absolute Gasteiger partial charge is 0.316 e. The monoisotopic (exact) mass is 255 g/mol. The summed E-state index contributed by atoms with van der Waals surface area (Å²) in [6.07, 6.45) is 0. The van der Waals surface area contributed by atoms with Gasteiger partial charge in [-0.05, 0) is 18.6 Å². The zero-order valence-corrected chi connectivity index (χ0v) is 10.5. The fourth-order valence-corrected chi connectivity index (χ4v) is 2.00. The maximum Gasteiger partial charge on any atom is 0.316 e. The first kappa shape index (κ1) is 13.0. The van der Waals surface area contributed by atoms with Crippen LogP contribution in [-0.2, 0) is 10.5 Å². The standard InChI is InChI=1S/C11H13NO2S2/c1-7(11(13)14)16-6-8-3-2-4-9(5-8)10(12)15/h2-5,7H,6H2,1H3,(H2,12,15)(H,13,14). The van der Waals surface area contributed by atoms with E-state index in [1.54, 1.807) is 6.92 Å². The van der Waals surface area contributed by atoms with Gasteiger partial charge in [0.25, 0.3) is 0 Å². The molecule has 0 spiro atoms. The van der Waals surface area contributed by atoms with E-state index in [2.05, 4.69) is 0 Å². The molecule has 1 rings (SSSR count). The summed E-state index contributed by atoms with van der Waals surface area (Å²) in [5, 5.41) is 8.33. The summed E-state index contributed by atoms with van der Waals surface area (Å²) in [6.45, 7) is 1.67. The van der Waals surface area contributed by atoms with E-state index in [0.29, 0.717) is 10.7 Å². The Labute approximate surface area is 104 Å². The van der Waals surface area contributed by atoms with Crippen molar-refractivity contribution in [2.75, 3.05) is 0 Å². The molecule has 0 heterocycles. The van der Waals surface area contributed by atoms with Crippen molar-refractivity contribution in [3.05, 3.63) is 35.4 Å². The van der Waals surface area contributed by atoms with Crippen LogP contribution in [0.1, 0.15) is 18.1 Å². The molecule has 5 heteroatoms. The molecule has 0 saturated heterocycles. The number of benzene rings is 1. The Morgan fingerprint density at radius 1 is 1.62 bits per heavy atom. The molecule has 0 amide bonds. The number of carbonyl (C=O) groups is 1. The van der Waals surface area contributed by atoms with E-state index in [1.807, 2.05) is 24.3 Å². The van der Waals surface area contributed by atoms with Gasteiger partial charge in [0.05, 0.1) is 5.25 Å². The normalized spacial score (nSPS) is 12.1. The molecule has 1 aromatic carbocycles. The first-order chi connectivity index (χ1) is 7.50. The zero-order chi connectivity index (χ0) is 12.1. The van der Waals surface area contributed by atoms with Gasteiger partial charge in [-0.1, -0.05) is 30.4 Å². The van der Waals surface area contributed by atoms with Gasteiger partial charge in [-0.25, -0.2) is 0 Å². The zero-order valence-electron chi connectivity index (χ0n) is 8.84. The lowest BCUT2D eigenvalue weighted by molar-refractivity contribution is -0.136. The summed E-state index contributed by atoms with van der Waals surface area (Å²) in [7, 11) is 0. The molecule has 1 atom stereocenters. The number of thioether (sulfide) groups is 1. The third-order valence-corrected chi connectivity index (χ3v) is 3.50. The van der Waals surface area contributed by atoms with E-state index in [1.165, 1.54) is 11.8 Å². The number of rotatable bonds is 5. The maximum absolute atomic E-state index is 10.6. The van der Waals surface area contributed by atoms with Crippen LogP contribution >= 0.6 is 24.0 Å². The SMILES string of the molecule is CC(SCc1cccc(C(N)=S)c1)C(=O)O. The molecule has 0 bridgehead atoms. The predicted molar refractivity (Wildman–Crippen MR) is 70.7 cm³/mol. The Hall–Kier alpha value is -1.07. The van der Waals surface area contributed by atoms with Crippen molar-refractivity contribution in [2.24, 2.45) is 5.73 Å². The number of aliphatic carboxylic acids is 1. The Morgan fingerprint density at radius 3 is 2.88 bits per heavy atom. The largest absolute Gasteiger partial charge is 0.480 e. The van der Waals surface area contributed by atoms with Crippen LogP contribution < -0.4 is 5.73 Å². The van der Waals surface area contributed by atoms with Crippen molar-refractivity contribution in [3.63, 3.8) is 0 Å². The fourth-order valence-electron chi connectivity index (χ4n) is 1.11. The van der Waals surface area contributed by atoms with Crippen LogP contribution in [-0.4, -0.2) is 21.3 Å². The maximum atomic E-state index is 10.6. The van der Waals surface area contributed by atoms with Crippen molar-refractivity contribution >= 4 is 34.9 Å². The van der Waals surface area contributed by atoms with Crippen molar-refractivity contribution in [1.29, 1.82) is 0 Å². The number of carboxylic acids is 1. The van der Waals surface area contributed by atoms with E-state index in [-0.39, 0.29) is 0 Å². The van der Waals surface area contributed by atoms with E-state index in [9.17, 15) is 4.79 Å². The second kappa shape index (κ2) is 5.86. The van der Waals surface area contributed by atoms with E-state index in [4.69, 9.17) is 23.1 Å². The van der Waals surface area contributed by atoms with E-state index < -0.39 is 11.2 Å². The Balaban J connectivity index is 2.64. The van der Waals surface area contributed by atoms with Gasteiger partial charge in [-0.2, -0.15) is 0 Å². The Bertz CT molecular complexity index is 407. The van der Waals surface area contributed by atoms with Gasteiger partial charge in [-0.3, -0.25) is 4.79 Å². The molecule has 0 aliphatic carbocycles. The third kappa shape index (κ3) is 3.83. The lowest BCUT2D eigenvalue weighted by atomic mass is 10.1. The van der Waals surface area contributed by atoms with Crippen LogP contribution in [0.2, 0.25) is 0 Å². The molecule has 0 aliphatic heterocycles. The molecular formula is C11H13NO2S2. The summed E-state index contributed by atoms with van der Waals surface area (Å²) in [5.74, 6) is -0.153. The minimum Gasteiger partial charge on any atom is -0.480 e. The summed E-state index contributed by atoms with van der Waals surface area (Å²) < 4.78 is 0. The summed E-state index contributed by atoms with van der Waals surface area (Å²) in [4.78, 5) is 11.0. The quantitative estimate of drug-likeness (QED) is 0.788. The second-order valence-electron chi connectivity index (χ2n) is 3.36. The first-order valence-electron chi connectivity index (χ1n) is 4.74. The third-order valence-electron chi connectivity index (χ3n) is 2.06. The number of thiocarbonyl (C=S) groups is 1. The highest BCUT2D eigenvalue weighted by Crippen LogP contribution is 2.18. The molecule has 16 heavy (non-hydrogen) atoms. The highest BCUT2D eigenvalue weighted by atomic mass is 32.2. The van der Waals surface area contributed by atoms with Crippen molar-refractivity contribution < 1.29 is 9.90 Å². The Morgan fingerprint density at radius 2 is 2.31 bits per heavy atom. The van der Waals surface area contributed by atoms with Crippen molar-refractivity contribution in [2.45, 2.75) is 17.9 Å². The number of hydrogen-bond acceptors (Lipinski definition) is 3. The number of nitrogens with two attached hydrogens (primary N) is 1. The van der Waals surface area contributed by atoms with Crippen molar-refractivity contribution in [3.8, 4) is 0 Å². The van der Waals surface area contributed by atoms with Crippen LogP contribution in [0.4, 0.5) is 0 Å². The van der Waals surface area contributed by atoms with Crippen LogP contribution in [0.3, 0.4) is 0 Å². The Kier molecular flexibility index (Phi) is 4.76. The van der Waals surface area contributed by atoms with Crippen LogP contribution in [0.15, 0.2) is 24.3 Å². The molecule has 3 N–H and O–H groups in total. The van der Waals surface area contributed by atoms with Gasteiger partial charge in [0.1, 0.15) is 4.99 Å². The molecule has 0 aromatic heterocycles. The minimum absolute atomic E-state index is 0.359. The van der Waals surface area contributed by atoms with Gasteiger partial charge < -0.3 is 10.8 Å². The molecule has 86 valence electrons. The predicted octanol–water partition coefficient (Wildman–Crippen LogP) is 2.03. The molecule has 0 saturated carbocycles. The molecule has 0 fully saturated rings. The summed E-state index contributed by atoms with van der Waals surface area (Å²) in [5.41, 5.74) is 7.36. The van der Waals surface area contributed by atoms with Gasteiger partial charge in [-0.15, -0.1) is 11.8 Å². The van der Waals surface area contributed by atoms with Gasteiger partial charge >= 0.3 is 5.97 Å². The number of hydrogen-bond donors (Lipinski definition) is 2. The number of carboxylic acid groups (broad SMARTS) is 1. The summed E-state index contributed by atoms with van der Waals surface area (Å²) in [6, 6.07) is 7.54. The molecule has 1 aromatic rings. The van der Waals surface area contributed by atoms with Gasteiger partial charge in [0, 0.05) is 11.3 Å². The first-order valence-corrected chi connectivity index (χ1v) is 6.19. The highest BCUT2D eigenvalue weighted by molar-refractivity contribution is 7.99. The molecular weight excluding hydrogens is 242 g/mol. The van der Waals surface area contributed by atoms with Gasteiger partial charge in [0.15, 0.2) is 0 Å². The lowest BCUT2D eigenvalue weighted by Crippen LogP contribution is -2.12. The topological polar surface area (TPSA) is 63.3 Å². The second-order valence-corrected chi connectivity index (χ2v) is 5.13. The lowest BCUT2D eigenvalue weighted by Gasteiger charge is -2.07.